The van der Waals surface area contributed by atoms with Gasteiger partial charge in [-0.1, -0.05) is 24.3 Å². The van der Waals surface area contributed by atoms with Gasteiger partial charge in [0.1, 0.15) is 11.4 Å². The van der Waals surface area contributed by atoms with Crippen LogP contribution in [0.5, 0.6) is 0 Å². The first-order valence-corrected chi connectivity index (χ1v) is 12.2. The van der Waals surface area contributed by atoms with Gasteiger partial charge in [-0.05, 0) is 48.6 Å². The molecule has 8 heteroatoms. The van der Waals surface area contributed by atoms with Crippen LogP contribution in [-0.2, 0) is 11.8 Å². The number of benzene rings is 2. The van der Waals surface area contributed by atoms with Gasteiger partial charge in [0.05, 0.1) is 11.7 Å². The number of aromatic nitrogens is 2. The molecule has 0 bridgehead atoms. The van der Waals surface area contributed by atoms with E-state index in [1.54, 1.807) is 19.0 Å². The molecule has 0 atom stereocenters. The van der Waals surface area contributed by atoms with E-state index in [1.807, 2.05) is 27.7 Å². The standard InChI is InChI=1S/C27H30N6O2/c1-17-11-19(20-6-8-23-21(12-20)13-28-31(23)4)5-7-22(17)24-29-27(9-10-27)25(34)33(24)16-18-14-32(15-18)26(35)30(2)3/h5-8,11-13,18H,9-10,14-16H2,1-4H3. The molecule has 35 heavy (non-hydrogen) atoms. The van der Waals surface area contributed by atoms with Gasteiger partial charge < -0.3 is 9.80 Å². The molecule has 1 spiro atoms. The zero-order valence-corrected chi connectivity index (χ0v) is 20.7. The molecule has 180 valence electrons. The third-order valence-electron chi connectivity index (χ3n) is 7.54. The molecule has 6 rings (SSSR count). The lowest BCUT2D eigenvalue weighted by molar-refractivity contribution is -0.129. The maximum atomic E-state index is 13.3. The highest BCUT2D eigenvalue weighted by atomic mass is 16.2. The SMILES string of the molecule is Cc1cc(-c2ccc3c(cnn3C)c2)ccc1C1=NC2(CC2)C(=O)N1CC1CN(C(=O)N(C)C)C1. The van der Waals surface area contributed by atoms with Crippen molar-refractivity contribution >= 4 is 28.7 Å². The van der Waals surface area contributed by atoms with Crippen LogP contribution in [0.15, 0.2) is 47.6 Å². The zero-order valence-electron chi connectivity index (χ0n) is 20.7. The first kappa shape index (κ1) is 21.8. The van der Waals surface area contributed by atoms with Gasteiger partial charge in [-0.2, -0.15) is 5.10 Å². The van der Waals surface area contributed by atoms with Crippen LogP contribution < -0.4 is 0 Å². The van der Waals surface area contributed by atoms with Gasteiger partial charge in [0, 0.05) is 57.6 Å². The van der Waals surface area contributed by atoms with Crippen LogP contribution in [0.3, 0.4) is 0 Å². The number of likely N-dealkylation sites (tertiary alicyclic amines) is 1. The third-order valence-corrected chi connectivity index (χ3v) is 7.54. The van der Waals surface area contributed by atoms with Gasteiger partial charge in [-0.15, -0.1) is 0 Å². The Balaban J connectivity index is 1.26. The number of rotatable bonds is 4. The van der Waals surface area contributed by atoms with E-state index in [1.165, 1.54) is 0 Å². The summed E-state index contributed by atoms with van der Waals surface area (Å²) in [6, 6.07) is 12.8. The Morgan fingerprint density at radius 3 is 2.51 bits per heavy atom. The normalized spacial score (nSPS) is 18.9. The number of urea groups is 1. The molecule has 2 aliphatic heterocycles. The van der Waals surface area contributed by atoms with Gasteiger partial charge in [-0.3, -0.25) is 19.4 Å². The van der Waals surface area contributed by atoms with Crippen molar-refractivity contribution in [1.29, 1.82) is 0 Å². The van der Waals surface area contributed by atoms with Gasteiger partial charge in [0.2, 0.25) is 0 Å². The quantitative estimate of drug-likeness (QED) is 0.587. The molecule has 1 saturated carbocycles. The molecule has 8 nitrogen and oxygen atoms in total. The highest BCUT2D eigenvalue weighted by Crippen LogP contribution is 2.46. The Morgan fingerprint density at radius 1 is 1.11 bits per heavy atom. The largest absolute Gasteiger partial charge is 0.331 e. The third kappa shape index (κ3) is 3.50. The topological polar surface area (TPSA) is 74.0 Å². The molecular weight excluding hydrogens is 440 g/mol. The molecule has 0 radical (unpaired) electrons. The van der Waals surface area contributed by atoms with Gasteiger partial charge in [0.25, 0.3) is 5.91 Å². The second-order valence-electron chi connectivity index (χ2n) is 10.4. The fourth-order valence-corrected chi connectivity index (χ4v) is 5.30. The van der Waals surface area contributed by atoms with Crippen LogP contribution in [-0.4, -0.2) is 81.5 Å². The number of amidine groups is 1. The molecule has 3 aromatic rings. The summed E-state index contributed by atoms with van der Waals surface area (Å²) in [6.45, 7) is 4.05. The predicted octanol–water partition coefficient (Wildman–Crippen LogP) is 3.28. The molecule has 3 aliphatic rings. The number of hydrogen-bond acceptors (Lipinski definition) is 4. The molecule has 3 heterocycles. The maximum Gasteiger partial charge on any atom is 0.319 e. The van der Waals surface area contributed by atoms with Crippen molar-refractivity contribution in [2.75, 3.05) is 33.7 Å². The smallest absolute Gasteiger partial charge is 0.319 e. The summed E-state index contributed by atoms with van der Waals surface area (Å²) in [5.41, 5.74) is 4.93. The summed E-state index contributed by atoms with van der Waals surface area (Å²) in [7, 11) is 5.48. The fourth-order valence-electron chi connectivity index (χ4n) is 5.30. The van der Waals surface area contributed by atoms with Gasteiger partial charge >= 0.3 is 6.03 Å². The monoisotopic (exact) mass is 470 g/mol. The first-order valence-electron chi connectivity index (χ1n) is 12.2. The summed E-state index contributed by atoms with van der Waals surface area (Å²) in [5, 5.41) is 5.46. The number of nitrogens with zero attached hydrogens (tertiary/aromatic N) is 6. The minimum atomic E-state index is -0.547. The van der Waals surface area contributed by atoms with Crippen molar-refractivity contribution in [3.8, 4) is 11.1 Å². The number of fused-ring (bicyclic) bond motifs is 1. The summed E-state index contributed by atoms with van der Waals surface area (Å²) in [5.74, 6) is 1.18. The Morgan fingerprint density at radius 2 is 1.83 bits per heavy atom. The molecule has 0 unspecified atom stereocenters. The van der Waals surface area contributed by atoms with E-state index < -0.39 is 5.54 Å². The fraction of sp³-hybridized carbons (Fsp3) is 0.407. The van der Waals surface area contributed by atoms with E-state index in [4.69, 9.17) is 4.99 Å². The minimum Gasteiger partial charge on any atom is -0.331 e. The van der Waals surface area contributed by atoms with Crippen molar-refractivity contribution in [1.82, 2.24) is 24.5 Å². The van der Waals surface area contributed by atoms with Crippen molar-refractivity contribution in [2.24, 2.45) is 18.0 Å². The number of amides is 3. The Kier molecular flexibility index (Phi) is 4.78. The Hall–Kier alpha value is -3.68. The molecule has 1 aromatic heterocycles. The van der Waals surface area contributed by atoms with Crippen LogP contribution in [0.2, 0.25) is 0 Å². The lowest BCUT2D eigenvalue weighted by atomic mass is 9.97. The number of carbonyl (C=O) groups is 2. The average Bonchev–Trinajstić information content (AvgIpc) is 3.44. The van der Waals surface area contributed by atoms with Crippen LogP contribution in [0.25, 0.3) is 22.0 Å². The van der Waals surface area contributed by atoms with Crippen molar-refractivity contribution in [2.45, 2.75) is 25.3 Å². The number of carbonyl (C=O) groups excluding carboxylic acids is 2. The summed E-state index contributed by atoms with van der Waals surface area (Å²) >= 11 is 0. The average molecular weight is 471 g/mol. The van der Waals surface area contributed by atoms with Crippen LogP contribution in [0, 0.1) is 12.8 Å². The lowest BCUT2D eigenvalue weighted by Gasteiger charge is -2.42. The van der Waals surface area contributed by atoms with E-state index in [0.29, 0.717) is 19.6 Å². The molecule has 0 N–H and O–H groups in total. The predicted molar refractivity (Wildman–Crippen MR) is 135 cm³/mol. The molecule has 3 amide bonds. The summed E-state index contributed by atoms with van der Waals surface area (Å²) < 4.78 is 1.88. The minimum absolute atomic E-state index is 0.0254. The van der Waals surface area contributed by atoms with E-state index in [2.05, 4.69) is 48.4 Å². The lowest BCUT2D eigenvalue weighted by Crippen LogP contribution is -2.57. The van der Waals surface area contributed by atoms with Crippen molar-refractivity contribution in [3.05, 3.63) is 53.7 Å². The number of aliphatic imine (C=N–C) groups is 1. The van der Waals surface area contributed by atoms with Crippen LogP contribution in [0.1, 0.15) is 24.0 Å². The highest BCUT2D eigenvalue weighted by molar-refractivity contribution is 6.17. The maximum absolute atomic E-state index is 13.3. The van der Waals surface area contributed by atoms with E-state index >= 15 is 0 Å². The second-order valence-corrected chi connectivity index (χ2v) is 10.4. The van der Waals surface area contributed by atoms with E-state index in [-0.39, 0.29) is 17.9 Å². The first-order chi connectivity index (χ1) is 16.8. The summed E-state index contributed by atoms with van der Waals surface area (Å²) in [6.07, 6.45) is 3.54. The van der Waals surface area contributed by atoms with Crippen molar-refractivity contribution < 1.29 is 9.59 Å². The molecule has 2 fully saturated rings. The number of hydrogen-bond donors (Lipinski definition) is 0. The summed E-state index contributed by atoms with van der Waals surface area (Å²) in [4.78, 5) is 35.8. The molecule has 1 aliphatic carbocycles. The van der Waals surface area contributed by atoms with Gasteiger partial charge in [-0.25, -0.2) is 4.79 Å². The van der Waals surface area contributed by atoms with Crippen molar-refractivity contribution in [3.63, 3.8) is 0 Å². The van der Waals surface area contributed by atoms with E-state index in [9.17, 15) is 9.59 Å². The van der Waals surface area contributed by atoms with E-state index in [0.717, 1.165) is 51.8 Å². The van der Waals surface area contributed by atoms with Gasteiger partial charge in [0.15, 0.2) is 0 Å². The zero-order chi connectivity index (χ0) is 24.5. The number of aryl methyl sites for hydroxylation is 2. The molecular formula is C27H30N6O2. The van der Waals surface area contributed by atoms with Crippen LogP contribution in [0.4, 0.5) is 4.79 Å². The molecule has 2 aromatic carbocycles. The van der Waals surface area contributed by atoms with Crippen LogP contribution >= 0.6 is 0 Å². The Labute approximate surface area is 204 Å². The Bertz CT molecular complexity index is 1390. The highest BCUT2D eigenvalue weighted by Gasteiger charge is 2.58. The second kappa shape index (κ2) is 7.66. The molecule has 1 saturated heterocycles.